The third kappa shape index (κ3) is 5.12. The van der Waals surface area contributed by atoms with E-state index in [2.05, 4.69) is 15.0 Å². The maximum atomic E-state index is 12.4. The number of alkyl halides is 3. The van der Waals surface area contributed by atoms with Gasteiger partial charge in [0.05, 0.1) is 13.2 Å². The van der Waals surface area contributed by atoms with Gasteiger partial charge in [-0.1, -0.05) is 0 Å². The Labute approximate surface area is 107 Å². The Hall–Kier alpha value is -1.84. The van der Waals surface area contributed by atoms with Crippen molar-refractivity contribution in [1.82, 2.24) is 15.0 Å². The van der Waals surface area contributed by atoms with E-state index in [1.807, 2.05) is 0 Å². The van der Waals surface area contributed by atoms with Crippen molar-refractivity contribution in [3.63, 3.8) is 0 Å². The zero-order valence-corrected chi connectivity index (χ0v) is 10.2. The van der Waals surface area contributed by atoms with Crippen LogP contribution in [-0.4, -0.2) is 52.5 Å². The molecule has 0 bridgehead atoms. The second-order valence-corrected chi connectivity index (χ2v) is 3.47. The SMILES string of the molecule is CCOc1nc(N)nc(N(CCO)CC(F)(F)F)n1. The van der Waals surface area contributed by atoms with Crippen LogP contribution in [0, 0.1) is 0 Å². The zero-order valence-electron chi connectivity index (χ0n) is 10.2. The molecular formula is C9H14F3N5O2. The van der Waals surface area contributed by atoms with Crippen LogP contribution >= 0.6 is 0 Å². The van der Waals surface area contributed by atoms with Gasteiger partial charge in [0.25, 0.3) is 0 Å². The lowest BCUT2D eigenvalue weighted by molar-refractivity contribution is -0.120. The number of anilines is 2. The maximum absolute atomic E-state index is 12.4. The molecule has 0 saturated heterocycles. The summed E-state index contributed by atoms with van der Waals surface area (Å²) < 4.78 is 42.2. The van der Waals surface area contributed by atoms with Gasteiger partial charge in [0.1, 0.15) is 6.54 Å². The molecule has 0 unspecified atom stereocenters. The number of hydrogen-bond donors (Lipinski definition) is 2. The molecule has 0 atom stereocenters. The summed E-state index contributed by atoms with van der Waals surface area (Å²) in [6, 6.07) is -0.157. The minimum absolute atomic E-state index is 0.157. The van der Waals surface area contributed by atoms with E-state index in [1.54, 1.807) is 6.92 Å². The normalized spacial score (nSPS) is 11.4. The van der Waals surface area contributed by atoms with Crippen molar-refractivity contribution in [3.8, 4) is 6.01 Å². The van der Waals surface area contributed by atoms with E-state index in [9.17, 15) is 13.2 Å². The quantitative estimate of drug-likeness (QED) is 0.769. The first-order valence-corrected chi connectivity index (χ1v) is 5.42. The molecule has 0 aliphatic carbocycles. The molecule has 0 aliphatic heterocycles. The molecule has 3 N–H and O–H groups in total. The smallest absolute Gasteiger partial charge is 0.406 e. The zero-order chi connectivity index (χ0) is 14.5. The fourth-order valence-electron chi connectivity index (χ4n) is 1.28. The van der Waals surface area contributed by atoms with Gasteiger partial charge >= 0.3 is 12.2 Å². The van der Waals surface area contributed by atoms with Crippen LogP contribution in [0.25, 0.3) is 0 Å². The molecule has 0 aliphatic rings. The fourth-order valence-corrected chi connectivity index (χ4v) is 1.28. The number of ether oxygens (including phenoxy) is 1. The van der Waals surface area contributed by atoms with Crippen molar-refractivity contribution >= 4 is 11.9 Å². The molecule has 0 saturated carbocycles. The van der Waals surface area contributed by atoms with Gasteiger partial charge in [-0.2, -0.15) is 28.1 Å². The molecule has 7 nitrogen and oxygen atoms in total. The summed E-state index contributed by atoms with van der Waals surface area (Å²) in [5.41, 5.74) is 5.37. The van der Waals surface area contributed by atoms with Crippen LogP contribution in [0.2, 0.25) is 0 Å². The summed E-state index contributed by atoms with van der Waals surface area (Å²) in [4.78, 5) is 11.7. The van der Waals surface area contributed by atoms with Gasteiger partial charge in [0, 0.05) is 6.54 Å². The highest BCUT2D eigenvalue weighted by Crippen LogP contribution is 2.20. The molecular weight excluding hydrogens is 267 g/mol. The molecule has 19 heavy (non-hydrogen) atoms. The van der Waals surface area contributed by atoms with Crippen LogP contribution in [0.1, 0.15) is 6.92 Å². The minimum atomic E-state index is -4.46. The first-order valence-electron chi connectivity index (χ1n) is 5.42. The Balaban J connectivity index is 3.00. The highest BCUT2D eigenvalue weighted by molar-refractivity contribution is 5.36. The second-order valence-electron chi connectivity index (χ2n) is 3.47. The van der Waals surface area contributed by atoms with Gasteiger partial charge < -0.3 is 20.5 Å². The number of hydrogen-bond acceptors (Lipinski definition) is 7. The van der Waals surface area contributed by atoms with Crippen LogP contribution in [0.15, 0.2) is 0 Å². The van der Waals surface area contributed by atoms with Gasteiger partial charge in [-0.3, -0.25) is 0 Å². The van der Waals surface area contributed by atoms with Gasteiger partial charge in [0.15, 0.2) is 0 Å². The Kier molecular flexibility index (Phi) is 5.10. The Morgan fingerprint density at radius 1 is 1.32 bits per heavy atom. The van der Waals surface area contributed by atoms with Gasteiger partial charge in [-0.15, -0.1) is 0 Å². The molecule has 1 heterocycles. The van der Waals surface area contributed by atoms with Gasteiger partial charge in [-0.05, 0) is 6.92 Å². The predicted octanol–water partition coefficient (Wildman–Crippen LogP) is 0.213. The molecule has 1 aromatic rings. The summed E-state index contributed by atoms with van der Waals surface area (Å²) in [6.45, 7) is -0.161. The van der Waals surface area contributed by atoms with Crippen LogP contribution in [0.4, 0.5) is 25.1 Å². The van der Waals surface area contributed by atoms with E-state index < -0.39 is 19.3 Å². The van der Waals surface area contributed by atoms with Crippen molar-refractivity contribution in [2.75, 3.05) is 36.9 Å². The van der Waals surface area contributed by atoms with Crippen LogP contribution < -0.4 is 15.4 Å². The van der Waals surface area contributed by atoms with Crippen molar-refractivity contribution in [1.29, 1.82) is 0 Å². The van der Waals surface area contributed by atoms with E-state index in [0.29, 0.717) is 0 Å². The van der Waals surface area contributed by atoms with Crippen molar-refractivity contribution in [2.24, 2.45) is 0 Å². The first kappa shape index (κ1) is 15.2. The molecule has 0 radical (unpaired) electrons. The molecule has 1 rings (SSSR count). The molecule has 0 spiro atoms. The summed E-state index contributed by atoms with van der Waals surface area (Å²) >= 11 is 0. The third-order valence-electron chi connectivity index (χ3n) is 1.92. The number of aliphatic hydroxyl groups is 1. The van der Waals surface area contributed by atoms with Crippen molar-refractivity contribution < 1.29 is 23.0 Å². The highest BCUT2D eigenvalue weighted by atomic mass is 19.4. The summed E-state index contributed by atoms with van der Waals surface area (Å²) in [6.07, 6.45) is -4.46. The predicted molar refractivity (Wildman–Crippen MR) is 60.8 cm³/mol. The van der Waals surface area contributed by atoms with E-state index in [-0.39, 0.29) is 31.1 Å². The Bertz CT molecular complexity index is 415. The van der Waals surface area contributed by atoms with E-state index >= 15 is 0 Å². The lowest BCUT2D eigenvalue weighted by Gasteiger charge is -2.23. The number of halogens is 3. The number of rotatable bonds is 6. The molecule has 0 aromatic carbocycles. The molecule has 1 aromatic heterocycles. The van der Waals surface area contributed by atoms with Crippen molar-refractivity contribution in [3.05, 3.63) is 0 Å². The molecule has 10 heteroatoms. The largest absolute Gasteiger partial charge is 0.464 e. The van der Waals surface area contributed by atoms with Crippen LogP contribution in [0.5, 0.6) is 6.01 Å². The number of aromatic nitrogens is 3. The van der Waals surface area contributed by atoms with Crippen LogP contribution in [-0.2, 0) is 0 Å². The lowest BCUT2D eigenvalue weighted by atomic mass is 10.5. The lowest BCUT2D eigenvalue weighted by Crippen LogP contribution is -2.37. The molecule has 0 fully saturated rings. The van der Waals surface area contributed by atoms with E-state index in [0.717, 1.165) is 4.90 Å². The van der Waals surface area contributed by atoms with Gasteiger partial charge in [0.2, 0.25) is 11.9 Å². The Morgan fingerprint density at radius 2 is 2.00 bits per heavy atom. The first-order chi connectivity index (χ1) is 8.85. The minimum Gasteiger partial charge on any atom is -0.464 e. The second kappa shape index (κ2) is 6.36. The average molecular weight is 281 g/mol. The summed E-state index contributed by atoms with van der Waals surface area (Å²) in [5.74, 6) is -0.541. The standard InChI is InChI=1S/C9H14F3N5O2/c1-2-19-8-15-6(13)14-7(16-8)17(3-4-18)5-9(10,11)12/h18H,2-5H2,1H3,(H2,13,14,15,16). The van der Waals surface area contributed by atoms with E-state index in [1.165, 1.54) is 0 Å². The molecule has 108 valence electrons. The highest BCUT2D eigenvalue weighted by Gasteiger charge is 2.32. The summed E-state index contributed by atoms with van der Waals surface area (Å²) in [7, 11) is 0. The fraction of sp³-hybridized carbons (Fsp3) is 0.667. The van der Waals surface area contributed by atoms with Crippen molar-refractivity contribution in [2.45, 2.75) is 13.1 Å². The molecule has 0 amide bonds. The number of nitrogen functional groups attached to an aromatic ring is 1. The number of aliphatic hydroxyl groups excluding tert-OH is 1. The maximum Gasteiger partial charge on any atom is 0.406 e. The topological polar surface area (TPSA) is 97.4 Å². The van der Waals surface area contributed by atoms with Crippen LogP contribution in [0.3, 0.4) is 0 Å². The average Bonchev–Trinajstić information content (AvgIpc) is 2.26. The summed E-state index contributed by atoms with van der Waals surface area (Å²) in [5, 5.41) is 8.79. The number of nitrogens with two attached hydrogens (primary N) is 1. The number of nitrogens with zero attached hydrogens (tertiary/aromatic N) is 4. The monoisotopic (exact) mass is 281 g/mol. The Morgan fingerprint density at radius 3 is 2.53 bits per heavy atom. The van der Waals surface area contributed by atoms with E-state index in [4.69, 9.17) is 15.6 Å². The van der Waals surface area contributed by atoms with Gasteiger partial charge in [-0.25, -0.2) is 0 Å². The third-order valence-corrected chi connectivity index (χ3v) is 1.92.